The van der Waals surface area contributed by atoms with Crippen LogP contribution in [0.2, 0.25) is 0 Å². The van der Waals surface area contributed by atoms with Crippen LogP contribution in [0.1, 0.15) is 53.8 Å². The number of aromatic nitrogens is 2. The molecule has 6 rings (SSSR count). The van der Waals surface area contributed by atoms with E-state index >= 15 is 0 Å². The molecule has 4 bridgehead atoms. The summed E-state index contributed by atoms with van der Waals surface area (Å²) >= 11 is 1.35. The van der Waals surface area contributed by atoms with Crippen LogP contribution in [0.3, 0.4) is 0 Å². The van der Waals surface area contributed by atoms with E-state index in [0.29, 0.717) is 15.1 Å². The number of aryl methyl sites for hydroxylation is 2. The van der Waals surface area contributed by atoms with Gasteiger partial charge in [0.05, 0.1) is 16.6 Å². The molecule has 4 saturated carbocycles. The van der Waals surface area contributed by atoms with Gasteiger partial charge in [0, 0.05) is 12.6 Å². The van der Waals surface area contributed by atoms with Gasteiger partial charge in [-0.05, 0) is 68.8 Å². The van der Waals surface area contributed by atoms with Gasteiger partial charge in [0.25, 0.3) is 11.5 Å². The van der Waals surface area contributed by atoms with Crippen LogP contribution >= 0.6 is 11.3 Å². The molecule has 0 radical (unpaired) electrons. The molecule has 4 fully saturated rings. The fourth-order valence-electron chi connectivity index (χ4n) is 5.99. The highest BCUT2D eigenvalue weighted by Gasteiger charge is 2.51. The SMILES string of the molecule is Cc1c(C(=O)NC23CC4CC(CC(C4)C2)C3)sc2ncn(C)c(=O)c12. The summed E-state index contributed by atoms with van der Waals surface area (Å²) < 4.78 is 1.48. The van der Waals surface area contributed by atoms with Gasteiger partial charge in [0.1, 0.15) is 4.83 Å². The molecule has 25 heavy (non-hydrogen) atoms. The minimum atomic E-state index is -0.0763. The van der Waals surface area contributed by atoms with Crippen molar-refractivity contribution in [2.45, 2.75) is 51.0 Å². The lowest BCUT2D eigenvalue weighted by molar-refractivity contribution is -0.0166. The third-order valence-corrected chi connectivity index (χ3v) is 7.83. The minimum absolute atomic E-state index is 0.00711. The molecule has 1 amide bonds. The minimum Gasteiger partial charge on any atom is -0.346 e. The van der Waals surface area contributed by atoms with Crippen molar-refractivity contribution in [2.24, 2.45) is 24.8 Å². The van der Waals surface area contributed by atoms with Crippen molar-refractivity contribution in [1.29, 1.82) is 0 Å². The standard InChI is InChI=1S/C19H23N3O2S/c1-10-14-17(20-9-22(2)18(14)24)25-15(10)16(23)21-19-6-11-3-12(7-19)5-13(4-11)8-19/h9,11-13H,3-8H2,1-2H3,(H,21,23). The van der Waals surface area contributed by atoms with Crippen LogP contribution in [0.5, 0.6) is 0 Å². The van der Waals surface area contributed by atoms with Gasteiger partial charge in [-0.15, -0.1) is 11.3 Å². The average molecular weight is 357 g/mol. The Morgan fingerprint density at radius 2 is 1.84 bits per heavy atom. The van der Waals surface area contributed by atoms with E-state index in [9.17, 15) is 9.59 Å². The lowest BCUT2D eigenvalue weighted by Crippen LogP contribution is -2.59. The van der Waals surface area contributed by atoms with Crippen molar-refractivity contribution in [3.8, 4) is 0 Å². The van der Waals surface area contributed by atoms with Gasteiger partial charge in [-0.25, -0.2) is 4.98 Å². The van der Waals surface area contributed by atoms with Gasteiger partial charge in [0.2, 0.25) is 0 Å². The molecule has 0 saturated heterocycles. The second-order valence-electron chi connectivity index (χ2n) is 8.55. The van der Waals surface area contributed by atoms with Crippen molar-refractivity contribution in [3.05, 3.63) is 27.1 Å². The van der Waals surface area contributed by atoms with Gasteiger partial charge in [-0.3, -0.25) is 9.59 Å². The maximum absolute atomic E-state index is 13.1. The Morgan fingerprint density at radius 3 is 2.44 bits per heavy atom. The summed E-state index contributed by atoms with van der Waals surface area (Å²) in [6, 6.07) is 0. The monoisotopic (exact) mass is 357 g/mol. The largest absolute Gasteiger partial charge is 0.346 e. The van der Waals surface area contributed by atoms with E-state index in [4.69, 9.17) is 0 Å². The highest BCUT2D eigenvalue weighted by molar-refractivity contribution is 7.20. The number of hydrogen-bond acceptors (Lipinski definition) is 4. The first-order chi connectivity index (χ1) is 11.9. The van der Waals surface area contributed by atoms with Gasteiger partial charge >= 0.3 is 0 Å². The zero-order valence-corrected chi connectivity index (χ0v) is 15.5. The molecule has 2 heterocycles. The van der Waals surface area contributed by atoms with Crippen LogP contribution in [-0.2, 0) is 7.05 Å². The molecule has 0 unspecified atom stereocenters. The molecule has 4 aliphatic rings. The van der Waals surface area contributed by atoms with E-state index in [2.05, 4.69) is 10.3 Å². The second-order valence-corrected chi connectivity index (χ2v) is 9.55. The van der Waals surface area contributed by atoms with Gasteiger partial charge < -0.3 is 9.88 Å². The quantitative estimate of drug-likeness (QED) is 0.899. The number of carbonyl (C=O) groups is 1. The molecule has 4 aliphatic carbocycles. The predicted octanol–water partition coefficient (Wildman–Crippen LogP) is 3.00. The van der Waals surface area contributed by atoms with Crippen LogP contribution in [0, 0.1) is 24.7 Å². The normalized spacial score (nSPS) is 33.1. The Morgan fingerprint density at radius 1 is 1.24 bits per heavy atom. The first kappa shape index (κ1) is 15.6. The highest BCUT2D eigenvalue weighted by atomic mass is 32.1. The number of thiophene rings is 1. The number of amides is 1. The van der Waals surface area contributed by atoms with Crippen molar-refractivity contribution in [3.63, 3.8) is 0 Å². The predicted molar refractivity (Wildman–Crippen MR) is 98.0 cm³/mol. The summed E-state index contributed by atoms with van der Waals surface area (Å²) in [6.45, 7) is 1.87. The van der Waals surface area contributed by atoms with Crippen LogP contribution in [0.15, 0.2) is 11.1 Å². The summed E-state index contributed by atoms with van der Waals surface area (Å²) in [5, 5.41) is 4.00. The molecule has 132 valence electrons. The van der Waals surface area contributed by atoms with E-state index < -0.39 is 0 Å². The zero-order chi connectivity index (χ0) is 17.3. The maximum atomic E-state index is 13.1. The fraction of sp³-hybridized carbons (Fsp3) is 0.632. The Bertz CT molecular complexity index is 907. The summed E-state index contributed by atoms with van der Waals surface area (Å²) in [6.07, 6.45) is 9.00. The molecule has 2 aromatic heterocycles. The van der Waals surface area contributed by atoms with Gasteiger partial charge in [-0.2, -0.15) is 0 Å². The van der Waals surface area contributed by atoms with E-state index in [1.165, 1.54) is 41.5 Å². The average Bonchev–Trinajstić information content (AvgIpc) is 2.87. The Balaban J connectivity index is 1.49. The van der Waals surface area contributed by atoms with Crippen LogP contribution in [0.25, 0.3) is 10.2 Å². The molecule has 0 aromatic carbocycles. The zero-order valence-electron chi connectivity index (χ0n) is 14.7. The Kier molecular flexibility index (Phi) is 3.21. The van der Waals surface area contributed by atoms with E-state index in [0.717, 1.165) is 42.6 Å². The topological polar surface area (TPSA) is 64.0 Å². The van der Waals surface area contributed by atoms with Crippen LogP contribution in [0.4, 0.5) is 0 Å². The van der Waals surface area contributed by atoms with E-state index in [1.54, 1.807) is 7.05 Å². The van der Waals surface area contributed by atoms with Crippen molar-refractivity contribution < 1.29 is 4.79 Å². The lowest BCUT2D eigenvalue weighted by Gasteiger charge is -2.56. The number of nitrogens with zero attached hydrogens (tertiary/aromatic N) is 2. The van der Waals surface area contributed by atoms with Gasteiger partial charge in [0.15, 0.2) is 0 Å². The first-order valence-electron chi connectivity index (χ1n) is 9.21. The number of fused-ring (bicyclic) bond motifs is 1. The third-order valence-electron chi connectivity index (χ3n) is 6.63. The van der Waals surface area contributed by atoms with Crippen LogP contribution in [-0.4, -0.2) is 21.0 Å². The summed E-state index contributed by atoms with van der Waals surface area (Å²) in [7, 11) is 1.70. The third kappa shape index (κ3) is 2.30. The number of nitrogens with one attached hydrogen (secondary N) is 1. The smallest absolute Gasteiger partial charge is 0.262 e. The van der Waals surface area contributed by atoms with E-state index in [1.807, 2.05) is 6.92 Å². The lowest BCUT2D eigenvalue weighted by atomic mass is 9.53. The maximum Gasteiger partial charge on any atom is 0.262 e. The molecule has 0 spiro atoms. The molecule has 2 aromatic rings. The number of rotatable bonds is 2. The Hall–Kier alpha value is -1.69. The molecule has 1 N–H and O–H groups in total. The van der Waals surface area contributed by atoms with E-state index in [-0.39, 0.29) is 17.0 Å². The molecule has 5 nitrogen and oxygen atoms in total. The number of hydrogen-bond donors (Lipinski definition) is 1. The molecule has 0 atom stereocenters. The molecular weight excluding hydrogens is 334 g/mol. The van der Waals surface area contributed by atoms with Crippen LogP contribution < -0.4 is 10.9 Å². The molecule has 0 aliphatic heterocycles. The summed E-state index contributed by atoms with van der Waals surface area (Å²) in [5.74, 6) is 2.38. The van der Waals surface area contributed by atoms with Crippen molar-refractivity contribution in [1.82, 2.24) is 14.9 Å². The summed E-state index contributed by atoms with van der Waals surface area (Å²) in [5.41, 5.74) is 0.691. The van der Waals surface area contributed by atoms with Gasteiger partial charge in [-0.1, -0.05) is 0 Å². The summed E-state index contributed by atoms with van der Waals surface area (Å²) in [4.78, 5) is 31.1. The first-order valence-corrected chi connectivity index (χ1v) is 10.0. The Labute approximate surface area is 150 Å². The second kappa shape index (κ2) is 5.16. The van der Waals surface area contributed by atoms with Crippen molar-refractivity contribution >= 4 is 27.5 Å². The number of carbonyl (C=O) groups excluding carboxylic acids is 1. The highest BCUT2D eigenvalue weighted by Crippen LogP contribution is 2.55. The van der Waals surface area contributed by atoms with Crippen molar-refractivity contribution in [2.75, 3.05) is 0 Å². The fourth-order valence-corrected chi connectivity index (χ4v) is 7.02. The molecular formula is C19H23N3O2S. The molecule has 6 heteroatoms.